The number of pyridine rings is 1. The van der Waals surface area contributed by atoms with Gasteiger partial charge < -0.3 is 15.2 Å². The van der Waals surface area contributed by atoms with Gasteiger partial charge >= 0.3 is 12.1 Å². The van der Waals surface area contributed by atoms with Crippen molar-refractivity contribution in [2.24, 2.45) is 0 Å². The highest BCUT2D eigenvalue weighted by Gasteiger charge is 2.38. The standard InChI is InChI=1S/C11H11F3N2O3.C2H6O.C2H6/c12-11(13,14)10(19)15-4-3-9(18)8-2-1-7(6-17)5-16-8;1-3-2;1-2/h1-2,5-6,9,18H,3-4H2,(H,15,19);1-2H3;1-2H3. The first-order chi connectivity index (χ1) is 11.3. The van der Waals surface area contributed by atoms with Crippen LogP contribution in [0.3, 0.4) is 0 Å². The molecule has 0 saturated carbocycles. The van der Waals surface area contributed by atoms with Crippen molar-refractivity contribution < 1.29 is 32.6 Å². The third-order valence-corrected chi connectivity index (χ3v) is 2.25. The van der Waals surface area contributed by atoms with E-state index in [0.717, 1.165) is 0 Å². The lowest BCUT2D eigenvalue weighted by molar-refractivity contribution is -0.173. The zero-order valence-electron chi connectivity index (χ0n) is 14.1. The number of alkyl halides is 3. The first kappa shape index (κ1) is 24.3. The van der Waals surface area contributed by atoms with Crippen molar-refractivity contribution in [1.82, 2.24) is 10.3 Å². The minimum absolute atomic E-state index is 0.116. The lowest BCUT2D eigenvalue weighted by Gasteiger charge is -2.11. The molecule has 1 aromatic rings. The summed E-state index contributed by atoms with van der Waals surface area (Å²) in [5.74, 6) is -2.05. The monoisotopic (exact) mass is 352 g/mol. The summed E-state index contributed by atoms with van der Waals surface area (Å²) >= 11 is 0. The Morgan fingerprint density at radius 1 is 1.38 bits per heavy atom. The summed E-state index contributed by atoms with van der Waals surface area (Å²) in [6.45, 7) is 3.66. The number of nitrogens with zero attached hydrogens (tertiary/aromatic N) is 1. The molecule has 0 aromatic carbocycles. The van der Waals surface area contributed by atoms with E-state index in [1.807, 2.05) is 13.8 Å². The minimum Gasteiger partial charge on any atom is -0.388 e. The van der Waals surface area contributed by atoms with Gasteiger partial charge in [-0.15, -0.1) is 0 Å². The second kappa shape index (κ2) is 13.4. The molecule has 1 amide bonds. The Balaban J connectivity index is 0. The van der Waals surface area contributed by atoms with Gasteiger partial charge in [-0.05, 0) is 18.6 Å². The highest BCUT2D eigenvalue weighted by Crippen LogP contribution is 2.16. The molecule has 138 valence electrons. The van der Waals surface area contributed by atoms with Crippen molar-refractivity contribution in [3.05, 3.63) is 29.6 Å². The number of ether oxygens (including phenoxy) is 1. The molecule has 6 nitrogen and oxygen atoms in total. The predicted octanol–water partition coefficient (Wildman–Crippen LogP) is 2.28. The highest BCUT2D eigenvalue weighted by molar-refractivity contribution is 5.81. The number of halogens is 3. The predicted molar refractivity (Wildman–Crippen MR) is 82.5 cm³/mol. The maximum atomic E-state index is 11.9. The normalized spacial score (nSPS) is 11.2. The van der Waals surface area contributed by atoms with Gasteiger partial charge in [-0.2, -0.15) is 13.2 Å². The van der Waals surface area contributed by atoms with Crippen LogP contribution in [0.1, 0.15) is 42.4 Å². The minimum atomic E-state index is -4.94. The molecule has 0 aliphatic rings. The second-order valence-electron chi connectivity index (χ2n) is 4.10. The lowest BCUT2D eigenvalue weighted by atomic mass is 10.1. The van der Waals surface area contributed by atoms with E-state index in [-0.39, 0.29) is 18.7 Å². The molecule has 1 unspecified atom stereocenters. The Labute approximate surface area is 139 Å². The molecular weight excluding hydrogens is 329 g/mol. The quantitative estimate of drug-likeness (QED) is 0.794. The maximum absolute atomic E-state index is 11.9. The summed E-state index contributed by atoms with van der Waals surface area (Å²) in [4.78, 5) is 24.6. The first-order valence-electron chi connectivity index (χ1n) is 7.10. The Morgan fingerprint density at radius 2 is 1.92 bits per heavy atom. The van der Waals surface area contributed by atoms with Crippen molar-refractivity contribution in [1.29, 1.82) is 0 Å². The van der Waals surface area contributed by atoms with Crippen LogP contribution >= 0.6 is 0 Å². The number of amides is 1. The fraction of sp³-hybridized carbons (Fsp3) is 0.533. The summed E-state index contributed by atoms with van der Waals surface area (Å²) in [5, 5.41) is 11.3. The zero-order valence-corrected chi connectivity index (χ0v) is 14.1. The number of aromatic nitrogens is 1. The number of aliphatic hydroxyl groups is 1. The first-order valence-corrected chi connectivity index (χ1v) is 7.10. The van der Waals surface area contributed by atoms with Crippen LogP contribution in [0.15, 0.2) is 18.3 Å². The second-order valence-corrected chi connectivity index (χ2v) is 4.10. The van der Waals surface area contributed by atoms with E-state index in [4.69, 9.17) is 0 Å². The number of carbonyl (C=O) groups is 2. The van der Waals surface area contributed by atoms with Gasteiger partial charge in [-0.1, -0.05) is 13.8 Å². The molecule has 9 heteroatoms. The number of aldehydes is 1. The molecule has 0 radical (unpaired) electrons. The van der Waals surface area contributed by atoms with Crippen LogP contribution in [-0.2, 0) is 9.53 Å². The SMILES string of the molecule is CC.COC.O=Cc1ccc(C(O)CCNC(=O)C(F)(F)F)nc1. The van der Waals surface area contributed by atoms with Crippen LogP contribution in [0.2, 0.25) is 0 Å². The van der Waals surface area contributed by atoms with E-state index in [9.17, 15) is 27.9 Å². The van der Waals surface area contributed by atoms with E-state index in [1.165, 1.54) is 18.3 Å². The third kappa shape index (κ3) is 10.7. The number of hydrogen-bond donors (Lipinski definition) is 2. The summed E-state index contributed by atoms with van der Waals surface area (Å²) in [6, 6.07) is 2.81. The third-order valence-electron chi connectivity index (χ3n) is 2.25. The van der Waals surface area contributed by atoms with Gasteiger partial charge in [0.2, 0.25) is 0 Å². The zero-order chi connectivity index (χ0) is 19.2. The number of aliphatic hydroxyl groups excluding tert-OH is 1. The van der Waals surface area contributed by atoms with Crippen molar-refractivity contribution in [3.63, 3.8) is 0 Å². The summed E-state index contributed by atoms with van der Waals surface area (Å²) < 4.78 is 39.8. The fourth-order valence-electron chi connectivity index (χ4n) is 1.25. The van der Waals surface area contributed by atoms with Gasteiger partial charge in [0.15, 0.2) is 6.29 Å². The van der Waals surface area contributed by atoms with Crippen molar-refractivity contribution in [2.45, 2.75) is 32.5 Å². The summed E-state index contributed by atoms with van der Waals surface area (Å²) in [5.41, 5.74) is 0.535. The number of carbonyl (C=O) groups excluding carboxylic acids is 2. The van der Waals surface area contributed by atoms with E-state index in [2.05, 4.69) is 9.72 Å². The van der Waals surface area contributed by atoms with Crippen molar-refractivity contribution >= 4 is 12.2 Å². The molecule has 1 atom stereocenters. The average Bonchev–Trinajstić information content (AvgIpc) is 2.56. The molecule has 0 bridgehead atoms. The van der Waals surface area contributed by atoms with Crippen LogP contribution in [0.4, 0.5) is 13.2 Å². The Kier molecular flexibility index (Phi) is 13.6. The Bertz CT molecular complexity index is 465. The van der Waals surface area contributed by atoms with Gasteiger partial charge in [0.25, 0.3) is 0 Å². The van der Waals surface area contributed by atoms with Gasteiger partial charge in [0, 0.05) is 32.5 Å². The maximum Gasteiger partial charge on any atom is 0.471 e. The van der Waals surface area contributed by atoms with Crippen LogP contribution < -0.4 is 5.32 Å². The molecule has 0 fully saturated rings. The molecule has 2 N–H and O–H groups in total. The Morgan fingerprint density at radius 3 is 2.29 bits per heavy atom. The topological polar surface area (TPSA) is 88.5 Å². The molecule has 1 rings (SSSR count). The molecule has 24 heavy (non-hydrogen) atoms. The molecule has 1 heterocycles. The van der Waals surface area contributed by atoms with Gasteiger partial charge in [-0.3, -0.25) is 14.6 Å². The highest BCUT2D eigenvalue weighted by atomic mass is 19.4. The van der Waals surface area contributed by atoms with Crippen LogP contribution in [-0.4, -0.2) is 49.2 Å². The Hall–Kier alpha value is -2.00. The molecule has 0 aliphatic heterocycles. The van der Waals surface area contributed by atoms with Crippen LogP contribution in [0, 0.1) is 0 Å². The van der Waals surface area contributed by atoms with Crippen LogP contribution in [0.5, 0.6) is 0 Å². The molecular formula is C15H23F3N2O4. The number of rotatable bonds is 5. The number of nitrogens with one attached hydrogen (secondary N) is 1. The number of methoxy groups -OCH3 is 1. The van der Waals surface area contributed by atoms with Crippen LogP contribution in [0.25, 0.3) is 0 Å². The number of hydrogen-bond acceptors (Lipinski definition) is 5. The summed E-state index contributed by atoms with van der Waals surface area (Å²) in [6.07, 6.45) is -4.36. The molecule has 0 aliphatic carbocycles. The van der Waals surface area contributed by atoms with Gasteiger partial charge in [0.05, 0.1) is 11.8 Å². The average molecular weight is 352 g/mol. The van der Waals surface area contributed by atoms with E-state index >= 15 is 0 Å². The van der Waals surface area contributed by atoms with Gasteiger partial charge in [0.1, 0.15) is 0 Å². The van der Waals surface area contributed by atoms with E-state index in [1.54, 1.807) is 19.5 Å². The van der Waals surface area contributed by atoms with Crippen molar-refractivity contribution in [2.75, 3.05) is 20.8 Å². The largest absolute Gasteiger partial charge is 0.471 e. The van der Waals surface area contributed by atoms with E-state index in [0.29, 0.717) is 11.8 Å². The van der Waals surface area contributed by atoms with Crippen molar-refractivity contribution in [3.8, 4) is 0 Å². The summed E-state index contributed by atoms with van der Waals surface area (Å²) in [7, 11) is 3.25. The van der Waals surface area contributed by atoms with E-state index < -0.39 is 18.2 Å². The fourth-order valence-corrected chi connectivity index (χ4v) is 1.25. The lowest BCUT2D eigenvalue weighted by Crippen LogP contribution is -2.37. The smallest absolute Gasteiger partial charge is 0.388 e. The molecule has 1 aromatic heterocycles. The van der Waals surface area contributed by atoms with Gasteiger partial charge in [-0.25, -0.2) is 0 Å². The molecule has 0 spiro atoms. The molecule has 0 saturated heterocycles.